The molecule has 0 spiro atoms. The second-order valence-corrected chi connectivity index (χ2v) is 8.61. The number of carbonyl (C=O) groups is 2. The van der Waals surface area contributed by atoms with E-state index in [9.17, 15) is 26.8 Å². The fourth-order valence-electron chi connectivity index (χ4n) is 2.35. The lowest BCUT2D eigenvalue weighted by Crippen LogP contribution is -2.20. The molecule has 0 radical (unpaired) electrons. The van der Waals surface area contributed by atoms with E-state index in [4.69, 9.17) is 21.1 Å². The number of ether oxygens (including phenoxy) is 3. The summed E-state index contributed by atoms with van der Waals surface area (Å²) in [6, 6.07) is 7.82. The highest BCUT2D eigenvalue weighted by molar-refractivity contribution is 7.90. The maximum absolute atomic E-state index is 12.4. The van der Waals surface area contributed by atoms with Crippen molar-refractivity contribution in [2.75, 3.05) is 25.3 Å². The van der Waals surface area contributed by atoms with Crippen molar-refractivity contribution in [2.24, 2.45) is 0 Å². The largest absolute Gasteiger partial charge is 0.493 e. The van der Waals surface area contributed by atoms with Gasteiger partial charge in [-0.15, -0.1) is 0 Å². The minimum atomic E-state index is -3.51. The van der Waals surface area contributed by atoms with Crippen LogP contribution in [-0.4, -0.2) is 46.9 Å². The lowest BCUT2D eigenvalue weighted by Gasteiger charge is -2.10. The molecule has 0 aromatic heterocycles. The van der Waals surface area contributed by atoms with Gasteiger partial charge in [-0.2, -0.15) is 8.78 Å². The Morgan fingerprint density at radius 1 is 1.16 bits per heavy atom. The second kappa shape index (κ2) is 10.9. The summed E-state index contributed by atoms with van der Waals surface area (Å²) in [6.07, 6.45) is 3.35. The van der Waals surface area contributed by atoms with Crippen LogP contribution in [0.2, 0.25) is 5.02 Å². The fraction of sp³-hybridized carbons (Fsp3) is 0.200. The number of hydrogen-bond acceptors (Lipinski definition) is 7. The van der Waals surface area contributed by atoms with Crippen molar-refractivity contribution in [3.63, 3.8) is 0 Å². The molecular weight excluding hydrogens is 472 g/mol. The molecule has 0 unspecified atom stereocenters. The highest BCUT2D eigenvalue weighted by Gasteiger charge is 2.14. The van der Waals surface area contributed by atoms with Crippen molar-refractivity contribution in [2.45, 2.75) is 11.5 Å². The normalized spacial score (nSPS) is 11.4. The monoisotopic (exact) mass is 489 g/mol. The molecule has 0 saturated carbocycles. The van der Waals surface area contributed by atoms with E-state index in [0.717, 1.165) is 12.3 Å². The van der Waals surface area contributed by atoms with Crippen molar-refractivity contribution >= 4 is 45.1 Å². The van der Waals surface area contributed by atoms with E-state index in [1.165, 1.54) is 49.6 Å². The number of nitrogens with one attached hydrogen (secondary N) is 1. The first kappa shape index (κ1) is 25.1. The van der Waals surface area contributed by atoms with Gasteiger partial charge in [-0.1, -0.05) is 17.7 Å². The lowest BCUT2D eigenvalue weighted by atomic mass is 10.2. The summed E-state index contributed by atoms with van der Waals surface area (Å²) in [5.74, 6) is -1.73. The quantitative estimate of drug-likeness (QED) is 0.424. The van der Waals surface area contributed by atoms with Crippen molar-refractivity contribution in [1.82, 2.24) is 0 Å². The third kappa shape index (κ3) is 7.50. The number of hydrogen-bond donors (Lipinski definition) is 1. The van der Waals surface area contributed by atoms with Crippen LogP contribution in [0.3, 0.4) is 0 Å². The van der Waals surface area contributed by atoms with Gasteiger partial charge >= 0.3 is 12.6 Å². The minimum Gasteiger partial charge on any atom is -0.493 e. The molecule has 0 aliphatic heterocycles. The minimum absolute atomic E-state index is 0.0356. The SMILES string of the molecule is COc1cc(/C=C/C(=O)OCC(=O)Nc2cc(S(C)(=O)=O)ccc2Cl)ccc1OC(F)F. The van der Waals surface area contributed by atoms with Gasteiger partial charge in [0.15, 0.2) is 27.9 Å². The molecule has 172 valence electrons. The van der Waals surface area contributed by atoms with Crippen LogP contribution >= 0.6 is 11.6 Å². The average Bonchev–Trinajstić information content (AvgIpc) is 2.71. The van der Waals surface area contributed by atoms with Crippen LogP contribution in [0.5, 0.6) is 11.5 Å². The predicted octanol–water partition coefficient (Wildman–Crippen LogP) is 3.55. The Balaban J connectivity index is 1.96. The zero-order valence-corrected chi connectivity index (χ0v) is 18.4. The summed E-state index contributed by atoms with van der Waals surface area (Å²) in [5, 5.41) is 2.46. The topological polar surface area (TPSA) is 108 Å². The third-order valence-electron chi connectivity index (χ3n) is 3.80. The van der Waals surface area contributed by atoms with Crippen molar-refractivity contribution < 1.29 is 41.0 Å². The Kier molecular flexibility index (Phi) is 8.56. The number of benzene rings is 2. The van der Waals surface area contributed by atoms with Crippen LogP contribution < -0.4 is 14.8 Å². The Morgan fingerprint density at radius 3 is 2.50 bits per heavy atom. The Hall–Kier alpha value is -3.18. The molecule has 0 bridgehead atoms. The van der Waals surface area contributed by atoms with E-state index < -0.39 is 34.9 Å². The highest BCUT2D eigenvalue weighted by Crippen LogP contribution is 2.30. The second-order valence-electron chi connectivity index (χ2n) is 6.19. The van der Waals surface area contributed by atoms with E-state index in [1.54, 1.807) is 0 Å². The van der Waals surface area contributed by atoms with E-state index in [0.29, 0.717) is 5.56 Å². The molecule has 0 atom stereocenters. The van der Waals surface area contributed by atoms with Crippen LogP contribution in [0.15, 0.2) is 47.4 Å². The van der Waals surface area contributed by atoms with Crippen LogP contribution in [0.4, 0.5) is 14.5 Å². The van der Waals surface area contributed by atoms with Crippen molar-refractivity contribution in [1.29, 1.82) is 0 Å². The zero-order valence-electron chi connectivity index (χ0n) is 16.8. The van der Waals surface area contributed by atoms with Crippen LogP contribution in [0.25, 0.3) is 6.08 Å². The van der Waals surface area contributed by atoms with Gasteiger partial charge in [0.05, 0.1) is 22.7 Å². The van der Waals surface area contributed by atoms with Gasteiger partial charge in [-0.3, -0.25) is 4.79 Å². The molecule has 0 saturated heterocycles. The number of amides is 1. The Bertz CT molecular complexity index is 1140. The van der Waals surface area contributed by atoms with Crippen molar-refractivity contribution in [3.05, 3.63) is 53.1 Å². The van der Waals surface area contributed by atoms with Crippen LogP contribution in [0.1, 0.15) is 5.56 Å². The Morgan fingerprint density at radius 2 is 1.88 bits per heavy atom. The van der Waals surface area contributed by atoms with E-state index in [2.05, 4.69) is 10.1 Å². The van der Waals surface area contributed by atoms with E-state index >= 15 is 0 Å². The molecule has 1 N–H and O–H groups in total. The molecule has 2 aromatic rings. The Labute approximate surface area is 187 Å². The summed E-state index contributed by atoms with van der Waals surface area (Å²) in [4.78, 5) is 23.8. The summed E-state index contributed by atoms with van der Waals surface area (Å²) >= 11 is 5.95. The van der Waals surface area contributed by atoms with Gasteiger partial charge in [-0.25, -0.2) is 13.2 Å². The molecule has 12 heteroatoms. The molecular formula is C20H18ClF2NO7S. The number of alkyl halides is 2. The first-order chi connectivity index (χ1) is 15.0. The molecule has 0 fully saturated rings. The summed E-state index contributed by atoms with van der Waals surface area (Å²) in [7, 11) is -2.24. The van der Waals surface area contributed by atoms with Crippen LogP contribution in [-0.2, 0) is 24.2 Å². The number of halogens is 3. The average molecular weight is 490 g/mol. The predicted molar refractivity (Wildman–Crippen MR) is 113 cm³/mol. The van der Waals surface area contributed by atoms with Gasteiger partial charge in [0.1, 0.15) is 0 Å². The molecule has 0 aliphatic carbocycles. The smallest absolute Gasteiger partial charge is 0.387 e. The number of esters is 1. The molecule has 0 heterocycles. The highest BCUT2D eigenvalue weighted by atomic mass is 35.5. The molecule has 0 aliphatic rings. The first-order valence-electron chi connectivity index (χ1n) is 8.76. The third-order valence-corrected chi connectivity index (χ3v) is 5.24. The maximum atomic E-state index is 12.4. The van der Waals surface area contributed by atoms with Crippen molar-refractivity contribution in [3.8, 4) is 11.5 Å². The molecule has 32 heavy (non-hydrogen) atoms. The van der Waals surface area contributed by atoms with E-state index in [-0.39, 0.29) is 27.1 Å². The first-order valence-corrected chi connectivity index (χ1v) is 11.0. The number of methoxy groups -OCH3 is 1. The number of carbonyl (C=O) groups excluding carboxylic acids is 2. The fourth-order valence-corrected chi connectivity index (χ4v) is 3.16. The van der Waals surface area contributed by atoms with Gasteiger partial charge in [0.2, 0.25) is 0 Å². The van der Waals surface area contributed by atoms with Gasteiger partial charge in [0, 0.05) is 12.3 Å². The lowest BCUT2D eigenvalue weighted by molar-refractivity contribution is -0.142. The van der Waals surface area contributed by atoms with Gasteiger partial charge < -0.3 is 19.5 Å². The maximum Gasteiger partial charge on any atom is 0.387 e. The molecule has 2 aromatic carbocycles. The zero-order chi connectivity index (χ0) is 23.9. The summed E-state index contributed by atoms with van der Waals surface area (Å²) < 4.78 is 62.0. The summed E-state index contributed by atoms with van der Waals surface area (Å²) in [5.41, 5.74) is 0.471. The van der Waals surface area contributed by atoms with Crippen LogP contribution in [0, 0.1) is 0 Å². The summed E-state index contributed by atoms with van der Waals surface area (Å²) in [6.45, 7) is -3.68. The number of sulfone groups is 1. The molecule has 1 amide bonds. The van der Waals surface area contributed by atoms with E-state index in [1.807, 2.05) is 0 Å². The molecule has 2 rings (SSSR count). The standard InChI is InChI=1S/C20H18ClF2NO7S/c1-29-17-9-12(3-7-16(17)31-20(22)23)4-8-19(26)30-11-18(25)24-15-10-13(32(2,27)28)5-6-14(15)21/h3-10,20H,11H2,1-2H3,(H,24,25)/b8-4+. The molecule has 8 nitrogen and oxygen atoms in total. The van der Waals surface area contributed by atoms with Gasteiger partial charge in [-0.05, 0) is 42.0 Å². The van der Waals surface area contributed by atoms with Gasteiger partial charge in [0.25, 0.3) is 5.91 Å². The number of anilines is 1. The number of rotatable bonds is 9.